The monoisotopic (exact) mass is 330 g/mol. The molecule has 0 spiro atoms. The Morgan fingerprint density at radius 3 is 2.68 bits per heavy atom. The van der Waals surface area contributed by atoms with E-state index in [-0.39, 0.29) is 6.61 Å². The lowest BCUT2D eigenvalue weighted by Gasteiger charge is -2.15. The van der Waals surface area contributed by atoms with Crippen LogP contribution in [0.1, 0.15) is 41.3 Å². The fraction of sp³-hybridized carbons (Fsp3) is 0.238. The van der Waals surface area contributed by atoms with E-state index in [2.05, 4.69) is 17.6 Å². The summed E-state index contributed by atoms with van der Waals surface area (Å²) in [7, 11) is 0. The first kappa shape index (κ1) is 15.6. The molecule has 25 heavy (non-hydrogen) atoms. The summed E-state index contributed by atoms with van der Waals surface area (Å²) in [6, 6.07) is 12.1. The third kappa shape index (κ3) is 2.45. The predicted octanol–water partition coefficient (Wildman–Crippen LogP) is 4.56. The Kier molecular flexibility index (Phi) is 3.67. The summed E-state index contributed by atoms with van der Waals surface area (Å²) >= 11 is 0. The largest absolute Gasteiger partial charge is 0.440 e. The standard InChI is InChI=1S/C21H18N2O2/c1-12(11-24)17-18(14-6-4-3-5-7-14)13(2)16(10-22)19-20(17)25-21(23-19)15-8-9-15/h3-7,15,24H,1,8-9,11H2,2H3. The summed E-state index contributed by atoms with van der Waals surface area (Å²) in [5, 5.41) is 19.5. The van der Waals surface area contributed by atoms with Crippen molar-refractivity contribution in [2.24, 2.45) is 0 Å². The van der Waals surface area contributed by atoms with Gasteiger partial charge in [-0.05, 0) is 42.0 Å². The van der Waals surface area contributed by atoms with Gasteiger partial charge in [-0.1, -0.05) is 36.9 Å². The summed E-state index contributed by atoms with van der Waals surface area (Å²) in [5.41, 5.74) is 5.65. The number of aromatic nitrogens is 1. The summed E-state index contributed by atoms with van der Waals surface area (Å²) < 4.78 is 6.07. The van der Waals surface area contributed by atoms with Crippen LogP contribution in [0.5, 0.6) is 0 Å². The Labute approximate surface area is 146 Å². The van der Waals surface area contributed by atoms with Gasteiger partial charge < -0.3 is 9.52 Å². The van der Waals surface area contributed by atoms with E-state index < -0.39 is 0 Å². The van der Waals surface area contributed by atoms with Gasteiger partial charge in [0, 0.05) is 11.5 Å². The summed E-state index contributed by atoms with van der Waals surface area (Å²) in [6.45, 7) is 5.76. The van der Waals surface area contributed by atoms with Gasteiger partial charge in [0.2, 0.25) is 0 Å². The Balaban J connectivity index is 2.14. The van der Waals surface area contributed by atoms with Crippen molar-refractivity contribution in [3.8, 4) is 17.2 Å². The maximum Gasteiger partial charge on any atom is 0.198 e. The zero-order chi connectivity index (χ0) is 17.6. The van der Waals surface area contributed by atoms with Gasteiger partial charge in [0.1, 0.15) is 11.6 Å². The number of aliphatic hydroxyl groups excluding tert-OH is 1. The van der Waals surface area contributed by atoms with Crippen molar-refractivity contribution in [2.45, 2.75) is 25.7 Å². The zero-order valence-electron chi connectivity index (χ0n) is 14.0. The highest BCUT2D eigenvalue weighted by Gasteiger charge is 2.31. The lowest BCUT2D eigenvalue weighted by molar-refractivity contribution is 0.350. The number of oxazole rings is 1. The quantitative estimate of drug-likeness (QED) is 0.761. The van der Waals surface area contributed by atoms with Gasteiger partial charge in [0.25, 0.3) is 0 Å². The van der Waals surface area contributed by atoms with Crippen LogP contribution in [-0.4, -0.2) is 16.7 Å². The number of fused-ring (bicyclic) bond motifs is 1. The van der Waals surface area contributed by atoms with Crippen LogP contribution in [0.15, 0.2) is 41.3 Å². The van der Waals surface area contributed by atoms with Crippen LogP contribution in [0.3, 0.4) is 0 Å². The summed E-state index contributed by atoms with van der Waals surface area (Å²) in [5.74, 6) is 1.03. The lowest BCUT2D eigenvalue weighted by Crippen LogP contribution is -2.00. The zero-order valence-corrected chi connectivity index (χ0v) is 14.0. The molecule has 3 aromatic rings. The van der Waals surface area contributed by atoms with Gasteiger partial charge in [-0.15, -0.1) is 0 Å². The summed E-state index contributed by atoms with van der Waals surface area (Å²) in [6.07, 6.45) is 2.13. The summed E-state index contributed by atoms with van der Waals surface area (Å²) in [4.78, 5) is 4.61. The first-order valence-electron chi connectivity index (χ1n) is 8.37. The van der Waals surface area contributed by atoms with E-state index in [9.17, 15) is 10.4 Å². The van der Waals surface area contributed by atoms with Gasteiger partial charge in [0.05, 0.1) is 12.2 Å². The van der Waals surface area contributed by atoms with E-state index in [0.717, 1.165) is 35.1 Å². The molecule has 1 aliphatic carbocycles. The Morgan fingerprint density at radius 2 is 2.08 bits per heavy atom. The van der Waals surface area contributed by atoms with E-state index in [0.29, 0.717) is 34.0 Å². The SMILES string of the molecule is C=C(CO)c1c(-c2ccccc2)c(C)c(C#N)c2nc(C3CC3)oc12. The maximum atomic E-state index is 9.74. The average molecular weight is 330 g/mol. The molecule has 4 rings (SSSR count). The van der Waals surface area contributed by atoms with Gasteiger partial charge >= 0.3 is 0 Å². The minimum atomic E-state index is -0.181. The second-order valence-corrected chi connectivity index (χ2v) is 6.49. The van der Waals surface area contributed by atoms with Crippen LogP contribution in [0.2, 0.25) is 0 Å². The minimum absolute atomic E-state index is 0.181. The van der Waals surface area contributed by atoms with Crippen LogP contribution in [0, 0.1) is 18.3 Å². The third-order valence-corrected chi connectivity index (χ3v) is 4.75. The van der Waals surface area contributed by atoms with E-state index in [4.69, 9.17) is 4.42 Å². The fourth-order valence-electron chi connectivity index (χ4n) is 3.30. The first-order chi connectivity index (χ1) is 12.2. The van der Waals surface area contributed by atoms with Crippen LogP contribution in [-0.2, 0) is 0 Å². The van der Waals surface area contributed by atoms with Gasteiger partial charge in [0.15, 0.2) is 11.5 Å². The molecule has 4 heteroatoms. The second-order valence-electron chi connectivity index (χ2n) is 6.49. The molecule has 0 atom stereocenters. The van der Waals surface area contributed by atoms with E-state index in [1.165, 1.54) is 0 Å². The molecule has 124 valence electrons. The molecule has 0 bridgehead atoms. The molecule has 1 aliphatic rings. The molecule has 2 aromatic carbocycles. The highest BCUT2D eigenvalue weighted by molar-refractivity contribution is 6.00. The molecule has 0 saturated heterocycles. The molecule has 1 heterocycles. The average Bonchev–Trinajstić information content (AvgIpc) is 3.40. The van der Waals surface area contributed by atoms with Gasteiger partial charge in [-0.25, -0.2) is 4.98 Å². The molecule has 4 nitrogen and oxygen atoms in total. The Morgan fingerprint density at radius 1 is 1.36 bits per heavy atom. The molecule has 0 aliphatic heterocycles. The molecule has 1 aromatic heterocycles. The van der Waals surface area contributed by atoms with Crippen molar-refractivity contribution < 1.29 is 9.52 Å². The van der Waals surface area contributed by atoms with Crippen molar-refractivity contribution in [3.63, 3.8) is 0 Å². The van der Waals surface area contributed by atoms with Crippen LogP contribution < -0.4 is 0 Å². The molecule has 1 N–H and O–H groups in total. The normalized spacial score (nSPS) is 13.8. The maximum absolute atomic E-state index is 9.74. The molecular weight excluding hydrogens is 312 g/mol. The molecular formula is C21H18N2O2. The number of nitrogens with zero attached hydrogens (tertiary/aromatic N) is 2. The number of benzene rings is 2. The van der Waals surface area contributed by atoms with Gasteiger partial charge in [-0.3, -0.25) is 0 Å². The topological polar surface area (TPSA) is 70.0 Å². The van der Waals surface area contributed by atoms with Crippen LogP contribution in [0.4, 0.5) is 0 Å². The lowest BCUT2D eigenvalue weighted by atomic mass is 9.88. The van der Waals surface area contributed by atoms with Crippen molar-refractivity contribution in [3.05, 3.63) is 59.5 Å². The fourth-order valence-corrected chi connectivity index (χ4v) is 3.30. The molecule has 0 amide bonds. The van der Waals surface area contributed by atoms with Crippen molar-refractivity contribution in [1.82, 2.24) is 4.98 Å². The molecule has 0 radical (unpaired) electrons. The smallest absolute Gasteiger partial charge is 0.198 e. The second kappa shape index (κ2) is 5.87. The van der Waals surface area contributed by atoms with Crippen molar-refractivity contribution in [2.75, 3.05) is 6.61 Å². The molecule has 1 fully saturated rings. The molecule has 1 saturated carbocycles. The van der Waals surface area contributed by atoms with Crippen molar-refractivity contribution >= 4 is 16.7 Å². The number of nitriles is 1. The third-order valence-electron chi connectivity index (χ3n) is 4.75. The van der Waals surface area contributed by atoms with Crippen LogP contribution in [0.25, 0.3) is 27.8 Å². The minimum Gasteiger partial charge on any atom is -0.440 e. The Bertz CT molecular complexity index is 1020. The van der Waals surface area contributed by atoms with E-state index in [1.54, 1.807) is 0 Å². The Hall–Kier alpha value is -2.90. The highest BCUT2D eigenvalue weighted by Crippen LogP contribution is 2.45. The van der Waals surface area contributed by atoms with E-state index >= 15 is 0 Å². The number of hydrogen-bond donors (Lipinski definition) is 1. The van der Waals surface area contributed by atoms with Gasteiger partial charge in [-0.2, -0.15) is 5.26 Å². The predicted molar refractivity (Wildman–Crippen MR) is 97.0 cm³/mol. The number of hydrogen-bond acceptors (Lipinski definition) is 4. The van der Waals surface area contributed by atoms with Crippen LogP contribution >= 0.6 is 0 Å². The number of aliphatic hydroxyl groups is 1. The highest BCUT2D eigenvalue weighted by atomic mass is 16.3. The first-order valence-corrected chi connectivity index (χ1v) is 8.37. The van der Waals surface area contributed by atoms with E-state index in [1.807, 2.05) is 37.3 Å². The molecule has 0 unspecified atom stereocenters. The van der Waals surface area contributed by atoms with Crippen molar-refractivity contribution in [1.29, 1.82) is 5.26 Å². The number of rotatable bonds is 4.